The maximum atomic E-state index is 3.46. The van der Waals surface area contributed by atoms with Crippen LogP contribution in [0.5, 0.6) is 0 Å². The van der Waals surface area contributed by atoms with Gasteiger partial charge in [0.05, 0.1) is 0 Å². The number of hydrogen-bond acceptors (Lipinski definition) is 1. The van der Waals surface area contributed by atoms with Crippen LogP contribution in [0.4, 0.5) is 0 Å². The van der Waals surface area contributed by atoms with Crippen LogP contribution < -0.4 is 5.32 Å². The van der Waals surface area contributed by atoms with Gasteiger partial charge in [-0.05, 0) is 50.5 Å². The normalized spacial score (nSPS) is 28.5. The molecule has 0 radical (unpaired) electrons. The molecule has 0 saturated heterocycles. The van der Waals surface area contributed by atoms with E-state index in [2.05, 4.69) is 26.2 Å². The Hall–Kier alpha value is -0.0400. The Morgan fingerprint density at radius 1 is 1.00 bits per heavy atom. The van der Waals surface area contributed by atoms with E-state index in [1.54, 1.807) is 0 Å². The van der Waals surface area contributed by atoms with Crippen LogP contribution >= 0.6 is 0 Å². The molecular formula is C17H35N. The first kappa shape index (κ1) is 16.0. The maximum Gasteiger partial charge on any atom is 0.000481 e. The molecule has 1 aliphatic carbocycles. The summed E-state index contributed by atoms with van der Waals surface area (Å²) in [7, 11) is 2.13. The molecule has 1 N–H and O–H groups in total. The van der Waals surface area contributed by atoms with E-state index >= 15 is 0 Å². The highest BCUT2D eigenvalue weighted by Crippen LogP contribution is 2.43. The molecule has 0 aromatic rings. The van der Waals surface area contributed by atoms with Crippen LogP contribution in [0.1, 0.15) is 84.5 Å². The predicted molar refractivity (Wildman–Crippen MR) is 82.0 cm³/mol. The minimum Gasteiger partial charge on any atom is -0.319 e. The minimum atomic E-state index is 0.645. The Labute approximate surface area is 115 Å². The molecule has 1 nitrogen and oxygen atoms in total. The predicted octanol–water partition coefficient (Wildman–Crippen LogP) is 5.15. The summed E-state index contributed by atoms with van der Waals surface area (Å²) >= 11 is 0. The van der Waals surface area contributed by atoms with Gasteiger partial charge in [0.2, 0.25) is 0 Å². The monoisotopic (exact) mass is 253 g/mol. The molecule has 18 heavy (non-hydrogen) atoms. The third-order valence-electron chi connectivity index (χ3n) is 4.99. The summed E-state index contributed by atoms with van der Waals surface area (Å²) in [6.07, 6.45) is 15.9. The van der Waals surface area contributed by atoms with Crippen molar-refractivity contribution in [3.63, 3.8) is 0 Å². The zero-order chi connectivity index (χ0) is 13.3. The van der Waals surface area contributed by atoms with Gasteiger partial charge in [0.15, 0.2) is 0 Å². The van der Waals surface area contributed by atoms with E-state index in [9.17, 15) is 0 Å². The lowest BCUT2D eigenvalue weighted by Gasteiger charge is -2.40. The largest absolute Gasteiger partial charge is 0.319 e. The molecule has 1 fully saturated rings. The summed E-state index contributed by atoms with van der Waals surface area (Å²) in [6.45, 7) is 5.88. The average Bonchev–Trinajstić information content (AvgIpc) is 2.39. The van der Waals surface area contributed by atoms with Gasteiger partial charge in [0.25, 0.3) is 0 Å². The van der Waals surface area contributed by atoms with Crippen molar-refractivity contribution in [1.29, 1.82) is 0 Å². The van der Waals surface area contributed by atoms with Crippen LogP contribution in [0.25, 0.3) is 0 Å². The molecule has 1 rings (SSSR count). The molecule has 0 aromatic carbocycles. The Bertz CT molecular complexity index is 192. The molecule has 1 heteroatoms. The number of nitrogens with one attached hydrogen (secondary N) is 1. The van der Waals surface area contributed by atoms with Crippen molar-refractivity contribution in [1.82, 2.24) is 5.32 Å². The van der Waals surface area contributed by atoms with Crippen molar-refractivity contribution in [3.8, 4) is 0 Å². The van der Waals surface area contributed by atoms with Crippen LogP contribution in [-0.4, -0.2) is 13.6 Å². The zero-order valence-electron chi connectivity index (χ0n) is 13.1. The van der Waals surface area contributed by atoms with Crippen LogP contribution in [0.3, 0.4) is 0 Å². The van der Waals surface area contributed by atoms with Crippen molar-refractivity contribution in [2.75, 3.05) is 13.6 Å². The molecular weight excluding hydrogens is 218 g/mol. The molecule has 0 spiro atoms. The highest BCUT2D eigenvalue weighted by molar-refractivity contribution is 4.87. The average molecular weight is 253 g/mol. The molecule has 1 aliphatic rings. The van der Waals surface area contributed by atoms with Gasteiger partial charge >= 0.3 is 0 Å². The standard InChI is InChI=1S/C17H35N/c1-4-6-8-12-17(15-18-3)13-10-16(11-14-17)9-7-5-2/h16,18H,4-15H2,1-3H3. The first-order chi connectivity index (χ1) is 8.76. The van der Waals surface area contributed by atoms with Gasteiger partial charge in [0, 0.05) is 6.54 Å². The summed E-state index contributed by atoms with van der Waals surface area (Å²) in [5, 5.41) is 3.46. The smallest absolute Gasteiger partial charge is 0.000481 e. The number of rotatable bonds is 9. The Morgan fingerprint density at radius 2 is 1.67 bits per heavy atom. The van der Waals surface area contributed by atoms with E-state index in [-0.39, 0.29) is 0 Å². The second-order valence-electron chi connectivity index (χ2n) is 6.57. The summed E-state index contributed by atoms with van der Waals surface area (Å²) in [5.74, 6) is 1.04. The van der Waals surface area contributed by atoms with E-state index in [0.29, 0.717) is 5.41 Å². The van der Waals surface area contributed by atoms with Gasteiger partial charge in [0.1, 0.15) is 0 Å². The fourth-order valence-electron chi connectivity index (χ4n) is 3.71. The number of hydrogen-bond donors (Lipinski definition) is 1. The van der Waals surface area contributed by atoms with E-state index in [4.69, 9.17) is 0 Å². The quantitative estimate of drug-likeness (QED) is 0.560. The second-order valence-corrected chi connectivity index (χ2v) is 6.57. The van der Waals surface area contributed by atoms with Crippen molar-refractivity contribution in [3.05, 3.63) is 0 Å². The Morgan fingerprint density at radius 3 is 2.22 bits per heavy atom. The van der Waals surface area contributed by atoms with Gasteiger partial charge in [-0.15, -0.1) is 0 Å². The van der Waals surface area contributed by atoms with Crippen LogP contribution in [0.15, 0.2) is 0 Å². The van der Waals surface area contributed by atoms with Crippen molar-refractivity contribution < 1.29 is 0 Å². The summed E-state index contributed by atoms with van der Waals surface area (Å²) in [6, 6.07) is 0. The summed E-state index contributed by atoms with van der Waals surface area (Å²) < 4.78 is 0. The Kier molecular flexibility index (Phi) is 7.97. The van der Waals surface area contributed by atoms with Gasteiger partial charge in [-0.2, -0.15) is 0 Å². The molecule has 0 aliphatic heterocycles. The van der Waals surface area contributed by atoms with E-state index in [1.807, 2.05) is 0 Å². The van der Waals surface area contributed by atoms with Gasteiger partial charge in [-0.25, -0.2) is 0 Å². The topological polar surface area (TPSA) is 12.0 Å². The third kappa shape index (κ3) is 5.30. The fourth-order valence-corrected chi connectivity index (χ4v) is 3.71. The molecule has 0 amide bonds. The maximum absolute atomic E-state index is 3.46. The molecule has 0 unspecified atom stereocenters. The molecule has 0 bridgehead atoms. The van der Waals surface area contributed by atoms with Crippen LogP contribution in [0, 0.1) is 11.3 Å². The first-order valence-corrected chi connectivity index (χ1v) is 8.41. The summed E-state index contributed by atoms with van der Waals surface area (Å²) in [4.78, 5) is 0. The SMILES string of the molecule is CCCCCC1(CNC)CCC(CCCC)CC1. The molecule has 0 heterocycles. The van der Waals surface area contributed by atoms with Crippen molar-refractivity contribution in [2.45, 2.75) is 84.5 Å². The van der Waals surface area contributed by atoms with Gasteiger partial charge in [-0.1, -0.05) is 52.4 Å². The highest BCUT2D eigenvalue weighted by atomic mass is 14.8. The van der Waals surface area contributed by atoms with E-state index < -0.39 is 0 Å². The minimum absolute atomic E-state index is 0.645. The number of unbranched alkanes of at least 4 members (excludes halogenated alkanes) is 3. The van der Waals surface area contributed by atoms with Gasteiger partial charge < -0.3 is 5.32 Å². The lowest BCUT2D eigenvalue weighted by Crippen LogP contribution is -2.36. The van der Waals surface area contributed by atoms with Crippen molar-refractivity contribution >= 4 is 0 Å². The zero-order valence-corrected chi connectivity index (χ0v) is 13.1. The molecule has 0 atom stereocenters. The Balaban J connectivity index is 2.35. The van der Waals surface area contributed by atoms with Crippen molar-refractivity contribution in [2.24, 2.45) is 11.3 Å². The highest BCUT2D eigenvalue weighted by Gasteiger charge is 2.33. The fraction of sp³-hybridized carbons (Fsp3) is 1.00. The lowest BCUT2D eigenvalue weighted by molar-refractivity contribution is 0.126. The second kappa shape index (κ2) is 8.96. The van der Waals surface area contributed by atoms with Crippen LogP contribution in [-0.2, 0) is 0 Å². The van der Waals surface area contributed by atoms with Gasteiger partial charge in [-0.3, -0.25) is 0 Å². The van der Waals surface area contributed by atoms with E-state index in [0.717, 1.165) is 5.92 Å². The van der Waals surface area contributed by atoms with Crippen LogP contribution in [0.2, 0.25) is 0 Å². The molecule has 108 valence electrons. The lowest BCUT2D eigenvalue weighted by atomic mass is 9.67. The first-order valence-electron chi connectivity index (χ1n) is 8.41. The molecule has 1 saturated carbocycles. The third-order valence-corrected chi connectivity index (χ3v) is 4.99. The summed E-state index contributed by atoms with van der Waals surface area (Å²) in [5.41, 5.74) is 0.645. The van der Waals surface area contributed by atoms with E-state index in [1.165, 1.54) is 77.2 Å². The molecule has 0 aromatic heterocycles.